The third-order valence-corrected chi connectivity index (χ3v) is 6.42. The molecule has 1 aromatic heterocycles. The number of alkyl halides is 1. The molecule has 0 bridgehead atoms. The number of pyridine rings is 1. The number of carbonyl (C=O) groups is 2. The van der Waals surface area contributed by atoms with E-state index in [9.17, 15) is 14.0 Å². The minimum absolute atomic E-state index is 0.0195. The summed E-state index contributed by atoms with van der Waals surface area (Å²) in [7, 11) is 0. The van der Waals surface area contributed by atoms with Crippen molar-refractivity contribution in [3.05, 3.63) is 18.1 Å². The van der Waals surface area contributed by atoms with Gasteiger partial charge in [0.15, 0.2) is 11.6 Å². The van der Waals surface area contributed by atoms with Crippen LogP contribution < -0.4 is 15.5 Å². The monoisotopic (exact) mass is 410 g/mol. The number of piperidine rings is 1. The Balaban J connectivity index is 1.48. The lowest BCUT2D eigenvalue weighted by atomic mass is 9.74. The number of fused-ring (bicyclic) bond motifs is 1. The molecule has 2 aliphatic heterocycles. The fourth-order valence-corrected chi connectivity index (χ4v) is 4.84. The first kappa shape index (κ1) is 19.2. The number of halogens is 2. The number of rotatable bonds is 4. The molecule has 3 fully saturated rings. The van der Waals surface area contributed by atoms with Crippen molar-refractivity contribution >= 4 is 35.1 Å². The molecular weight excluding hydrogens is 387 g/mol. The first-order valence-electron chi connectivity index (χ1n) is 9.74. The van der Waals surface area contributed by atoms with Crippen molar-refractivity contribution in [1.82, 2.24) is 10.3 Å². The van der Waals surface area contributed by atoms with Crippen molar-refractivity contribution in [2.75, 3.05) is 23.4 Å². The van der Waals surface area contributed by atoms with Crippen LogP contribution in [-0.4, -0.2) is 47.6 Å². The minimum Gasteiger partial charge on any atom is -0.447 e. The van der Waals surface area contributed by atoms with Gasteiger partial charge in [-0.05, 0) is 44.6 Å². The van der Waals surface area contributed by atoms with Crippen LogP contribution in [0.4, 0.5) is 20.7 Å². The molecule has 4 rings (SSSR count). The smallest absolute Gasteiger partial charge is 0.414 e. The summed E-state index contributed by atoms with van der Waals surface area (Å²) in [6, 6.07) is 1.31. The van der Waals surface area contributed by atoms with Crippen molar-refractivity contribution in [2.45, 2.75) is 50.1 Å². The van der Waals surface area contributed by atoms with Crippen LogP contribution in [0.1, 0.15) is 32.6 Å². The van der Waals surface area contributed by atoms with E-state index in [1.165, 1.54) is 17.2 Å². The van der Waals surface area contributed by atoms with Crippen LogP contribution in [-0.2, 0) is 9.53 Å². The maximum atomic E-state index is 14.9. The van der Waals surface area contributed by atoms with Crippen molar-refractivity contribution in [2.24, 2.45) is 11.8 Å². The Labute approximate surface area is 168 Å². The lowest BCUT2D eigenvalue weighted by Crippen LogP contribution is -2.55. The Kier molecular flexibility index (Phi) is 5.31. The summed E-state index contributed by atoms with van der Waals surface area (Å²) >= 11 is 6.31. The van der Waals surface area contributed by atoms with E-state index in [2.05, 4.69) is 15.6 Å². The summed E-state index contributed by atoms with van der Waals surface area (Å²) in [5.41, 5.74) is 0.123. The highest BCUT2D eigenvalue weighted by molar-refractivity contribution is 6.20. The predicted molar refractivity (Wildman–Crippen MR) is 103 cm³/mol. The number of ether oxygens (including phenoxy) is 1. The molecule has 4 unspecified atom stereocenters. The molecular formula is C19H24ClFN4O3. The standard InChI is InChI=1S/C19H24ClFN4O3/c1-10(13-9-11-8-12(20)2-3-14(11)24-18(13)26)23-17-16(21)15(4-5-22-17)25-6-7-28-19(25)27/h4-5,10-14H,2-3,6-9H2,1H3,(H,22,23)(H,24,26)/t10-,11?,12?,13?,14?/m0/s1. The van der Waals surface area contributed by atoms with Crippen molar-refractivity contribution in [3.8, 4) is 0 Å². The normalized spacial score (nSPS) is 31.0. The van der Waals surface area contributed by atoms with Gasteiger partial charge in [-0.1, -0.05) is 0 Å². The van der Waals surface area contributed by atoms with Crippen molar-refractivity contribution in [3.63, 3.8) is 0 Å². The number of carbonyl (C=O) groups excluding carboxylic acids is 2. The Morgan fingerprint density at radius 3 is 2.96 bits per heavy atom. The third-order valence-electron chi connectivity index (χ3n) is 6.03. The van der Waals surface area contributed by atoms with Gasteiger partial charge in [-0.2, -0.15) is 0 Å². The van der Waals surface area contributed by atoms with Gasteiger partial charge in [0.25, 0.3) is 0 Å². The fourth-order valence-electron chi connectivity index (χ4n) is 4.48. The first-order chi connectivity index (χ1) is 13.4. The summed E-state index contributed by atoms with van der Waals surface area (Å²) in [6.45, 7) is 2.37. The zero-order valence-corrected chi connectivity index (χ0v) is 16.4. The predicted octanol–water partition coefficient (Wildman–Crippen LogP) is 2.89. The van der Waals surface area contributed by atoms with E-state index in [-0.39, 0.29) is 47.4 Å². The molecule has 2 saturated heterocycles. The van der Waals surface area contributed by atoms with E-state index in [0.29, 0.717) is 18.9 Å². The summed E-state index contributed by atoms with van der Waals surface area (Å²) in [5.74, 6) is -0.579. The molecule has 0 radical (unpaired) electrons. The molecule has 2 amide bonds. The van der Waals surface area contributed by atoms with E-state index >= 15 is 0 Å². The maximum absolute atomic E-state index is 14.9. The number of hydrogen-bond acceptors (Lipinski definition) is 5. The molecule has 2 N–H and O–H groups in total. The van der Waals surface area contributed by atoms with Crippen LogP contribution in [0.5, 0.6) is 0 Å². The Morgan fingerprint density at radius 2 is 2.21 bits per heavy atom. The van der Waals surface area contributed by atoms with E-state index in [1.807, 2.05) is 6.92 Å². The van der Waals surface area contributed by atoms with Gasteiger partial charge in [0, 0.05) is 23.7 Å². The molecule has 3 aliphatic rings. The molecule has 28 heavy (non-hydrogen) atoms. The van der Waals surface area contributed by atoms with Crippen LogP contribution in [0, 0.1) is 17.7 Å². The van der Waals surface area contributed by atoms with E-state index < -0.39 is 11.9 Å². The van der Waals surface area contributed by atoms with Gasteiger partial charge in [-0.3, -0.25) is 9.69 Å². The van der Waals surface area contributed by atoms with Gasteiger partial charge in [0.05, 0.1) is 18.2 Å². The van der Waals surface area contributed by atoms with Crippen LogP contribution in [0.25, 0.3) is 0 Å². The number of cyclic esters (lactones) is 1. The minimum atomic E-state index is -0.624. The molecule has 152 valence electrons. The number of aromatic nitrogens is 1. The molecule has 3 heterocycles. The van der Waals surface area contributed by atoms with E-state index in [4.69, 9.17) is 16.3 Å². The number of anilines is 2. The quantitative estimate of drug-likeness (QED) is 0.746. The summed E-state index contributed by atoms with van der Waals surface area (Å²) < 4.78 is 19.8. The van der Waals surface area contributed by atoms with Crippen LogP contribution in [0.15, 0.2) is 12.3 Å². The molecule has 9 heteroatoms. The SMILES string of the molecule is C[C@H](Nc1nccc(N2CCOC2=O)c1F)C1CC2CC(Cl)CCC2NC1=O. The average molecular weight is 411 g/mol. The lowest BCUT2D eigenvalue weighted by Gasteiger charge is -2.42. The molecule has 1 aromatic rings. The molecule has 7 nitrogen and oxygen atoms in total. The van der Waals surface area contributed by atoms with Gasteiger partial charge in [0.1, 0.15) is 6.61 Å². The molecule has 1 aliphatic carbocycles. The first-order valence-corrected chi connectivity index (χ1v) is 10.2. The highest BCUT2D eigenvalue weighted by atomic mass is 35.5. The van der Waals surface area contributed by atoms with Crippen molar-refractivity contribution in [1.29, 1.82) is 0 Å². The third kappa shape index (κ3) is 3.62. The molecule has 0 aromatic carbocycles. The van der Waals surface area contributed by atoms with Gasteiger partial charge in [-0.25, -0.2) is 14.2 Å². The van der Waals surface area contributed by atoms with E-state index in [0.717, 1.165) is 19.3 Å². The topological polar surface area (TPSA) is 83.6 Å². The van der Waals surface area contributed by atoms with Crippen LogP contribution >= 0.6 is 11.6 Å². The van der Waals surface area contributed by atoms with Gasteiger partial charge in [0.2, 0.25) is 5.91 Å². The number of nitrogens with one attached hydrogen (secondary N) is 2. The van der Waals surface area contributed by atoms with Crippen molar-refractivity contribution < 1.29 is 18.7 Å². The average Bonchev–Trinajstić information content (AvgIpc) is 3.09. The lowest BCUT2D eigenvalue weighted by molar-refractivity contribution is -0.130. The van der Waals surface area contributed by atoms with Crippen LogP contribution in [0.2, 0.25) is 0 Å². The number of hydrogen-bond donors (Lipinski definition) is 2. The summed E-state index contributed by atoms with van der Waals surface area (Å²) in [6.07, 6.45) is 4.29. The fraction of sp³-hybridized carbons (Fsp3) is 0.632. The summed E-state index contributed by atoms with van der Waals surface area (Å²) in [5, 5.41) is 6.30. The second kappa shape index (κ2) is 7.73. The Hall–Kier alpha value is -2.09. The van der Waals surface area contributed by atoms with Gasteiger partial charge < -0.3 is 15.4 Å². The van der Waals surface area contributed by atoms with Crippen LogP contribution in [0.3, 0.4) is 0 Å². The van der Waals surface area contributed by atoms with Gasteiger partial charge in [-0.15, -0.1) is 11.6 Å². The molecule has 0 spiro atoms. The number of nitrogens with zero attached hydrogens (tertiary/aromatic N) is 2. The van der Waals surface area contributed by atoms with Gasteiger partial charge >= 0.3 is 6.09 Å². The highest BCUT2D eigenvalue weighted by Gasteiger charge is 2.41. The molecule has 5 atom stereocenters. The summed E-state index contributed by atoms with van der Waals surface area (Å²) in [4.78, 5) is 29.7. The highest BCUT2D eigenvalue weighted by Crippen LogP contribution is 2.37. The largest absolute Gasteiger partial charge is 0.447 e. The van der Waals surface area contributed by atoms with E-state index in [1.54, 1.807) is 0 Å². The zero-order chi connectivity index (χ0) is 19.8. The second-order valence-corrected chi connectivity index (χ2v) is 8.44. The zero-order valence-electron chi connectivity index (χ0n) is 15.7. The number of amides is 2. The maximum Gasteiger partial charge on any atom is 0.414 e. The Bertz CT molecular complexity index is 780. The Morgan fingerprint density at radius 1 is 1.39 bits per heavy atom. The molecule has 1 saturated carbocycles. The second-order valence-electron chi connectivity index (χ2n) is 7.82.